The van der Waals surface area contributed by atoms with Gasteiger partial charge < -0.3 is 15.3 Å². The number of aromatic amines is 2. The number of amides is 1. The van der Waals surface area contributed by atoms with Gasteiger partial charge in [0.25, 0.3) is 5.91 Å². The van der Waals surface area contributed by atoms with Gasteiger partial charge in [-0.05, 0) is 36.4 Å². The van der Waals surface area contributed by atoms with Gasteiger partial charge >= 0.3 is 0 Å². The topological polar surface area (TPSA) is 60.7 Å². The fraction of sp³-hybridized carbons (Fsp3) is 0. The number of nitrogens with one attached hydrogen (secondary N) is 3. The predicted molar refractivity (Wildman–Crippen MR) is 84.6 cm³/mol. The Kier molecular flexibility index (Phi) is 2.54. The summed E-state index contributed by atoms with van der Waals surface area (Å²) in [4.78, 5) is 18.8. The second-order valence-electron chi connectivity index (χ2n) is 4.94. The van der Waals surface area contributed by atoms with E-state index in [4.69, 9.17) is 0 Å². The quantitative estimate of drug-likeness (QED) is 0.510. The molecule has 0 saturated heterocycles. The number of anilines is 1. The highest BCUT2D eigenvalue weighted by Gasteiger charge is 2.12. The summed E-state index contributed by atoms with van der Waals surface area (Å²) in [5, 5.41) is 4.93. The molecule has 0 aliphatic carbocycles. The summed E-state index contributed by atoms with van der Waals surface area (Å²) in [6.45, 7) is 0. The molecule has 4 heteroatoms. The van der Waals surface area contributed by atoms with Gasteiger partial charge in [0.2, 0.25) is 0 Å². The van der Waals surface area contributed by atoms with Crippen LogP contribution in [0.1, 0.15) is 10.4 Å². The maximum Gasteiger partial charge on any atom is 0.256 e. The van der Waals surface area contributed by atoms with Crippen LogP contribution in [0.5, 0.6) is 0 Å². The van der Waals surface area contributed by atoms with Gasteiger partial charge in [-0.3, -0.25) is 4.79 Å². The number of carbonyl (C=O) groups is 1. The van der Waals surface area contributed by atoms with E-state index < -0.39 is 0 Å². The number of aromatic nitrogens is 2. The monoisotopic (exact) mass is 275 g/mol. The van der Waals surface area contributed by atoms with Crippen molar-refractivity contribution in [3.05, 3.63) is 66.5 Å². The summed E-state index contributed by atoms with van der Waals surface area (Å²) < 4.78 is 0. The minimum Gasteiger partial charge on any atom is -0.361 e. The van der Waals surface area contributed by atoms with E-state index in [1.54, 1.807) is 0 Å². The molecule has 1 amide bonds. The second kappa shape index (κ2) is 4.52. The molecule has 0 aliphatic heterocycles. The van der Waals surface area contributed by atoms with E-state index in [9.17, 15) is 4.79 Å². The molecule has 3 N–H and O–H groups in total. The van der Waals surface area contributed by atoms with Gasteiger partial charge in [-0.15, -0.1) is 0 Å². The van der Waals surface area contributed by atoms with Gasteiger partial charge in [0, 0.05) is 39.8 Å². The highest BCUT2D eigenvalue weighted by molar-refractivity contribution is 6.14. The number of benzene rings is 2. The number of hydrogen-bond donors (Lipinski definition) is 3. The van der Waals surface area contributed by atoms with Crippen LogP contribution in [0.15, 0.2) is 60.9 Å². The van der Waals surface area contributed by atoms with Gasteiger partial charge in [0.1, 0.15) is 0 Å². The minimum absolute atomic E-state index is 0.103. The molecule has 4 aromatic rings. The molecule has 2 heterocycles. The average molecular weight is 275 g/mol. The van der Waals surface area contributed by atoms with Crippen LogP contribution in [0, 0.1) is 0 Å². The summed E-state index contributed by atoms with van der Waals surface area (Å²) in [5.41, 5.74) is 3.45. The number of fused-ring (bicyclic) bond motifs is 2. The maximum absolute atomic E-state index is 12.6. The van der Waals surface area contributed by atoms with E-state index in [1.807, 2.05) is 60.9 Å². The zero-order valence-electron chi connectivity index (χ0n) is 11.2. The predicted octanol–water partition coefficient (Wildman–Crippen LogP) is 3.90. The molecule has 4 rings (SSSR count). The van der Waals surface area contributed by atoms with Crippen LogP contribution < -0.4 is 5.32 Å². The molecule has 0 radical (unpaired) electrons. The van der Waals surface area contributed by atoms with Crippen LogP contribution in [-0.4, -0.2) is 15.9 Å². The third-order valence-electron chi connectivity index (χ3n) is 3.68. The Morgan fingerprint density at radius 2 is 1.48 bits per heavy atom. The lowest BCUT2D eigenvalue weighted by Gasteiger charge is -2.07. The Hall–Kier alpha value is -3.01. The molecule has 0 atom stereocenters. The number of H-pyrrole nitrogens is 2. The van der Waals surface area contributed by atoms with Crippen LogP contribution in [0.4, 0.5) is 5.69 Å². The van der Waals surface area contributed by atoms with Crippen molar-refractivity contribution in [1.29, 1.82) is 0 Å². The summed E-state index contributed by atoms with van der Waals surface area (Å²) in [7, 11) is 0. The largest absolute Gasteiger partial charge is 0.361 e. The first-order valence-corrected chi connectivity index (χ1v) is 6.76. The highest BCUT2D eigenvalue weighted by atomic mass is 16.1. The molecule has 2 aromatic heterocycles. The van der Waals surface area contributed by atoms with Crippen LogP contribution in [-0.2, 0) is 0 Å². The molecule has 0 aliphatic rings. The van der Waals surface area contributed by atoms with Crippen molar-refractivity contribution in [1.82, 2.24) is 9.97 Å². The van der Waals surface area contributed by atoms with E-state index in [2.05, 4.69) is 15.3 Å². The minimum atomic E-state index is -0.103. The van der Waals surface area contributed by atoms with E-state index in [-0.39, 0.29) is 5.91 Å². The van der Waals surface area contributed by atoms with Crippen molar-refractivity contribution >= 4 is 33.4 Å². The third-order valence-corrected chi connectivity index (χ3v) is 3.68. The fourth-order valence-corrected chi connectivity index (χ4v) is 2.67. The van der Waals surface area contributed by atoms with Crippen LogP contribution in [0.3, 0.4) is 0 Å². The molecule has 102 valence electrons. The Morgan fingerprint density at radius 3 is 2.29 bits per heavy atom. The van der Waals surface area contributed by atoms with E-state index in [1.165, 1.54) is 0 Å². The number of hydrogen-bond acceptors (Lipinski definition) is 1. The van der Waals surface area contributed by atoms with Crippen molar-refractivity contribution < 1.29 is 4.79 Å². The van der Waals surface area contributed by atoms with Crippen molar-refractivity contribution in [3.63, 3.8) is 0 Å². The number of carbonyl (C=O) groups excluding carboxylic acids is 1. The van der Waals surface area contributed by atoms with E-state index >= 15 is 0 Å². The SMILES string of the molecule is O=C(Nc1cccc2[nH]ccc12)c1cccc2[nH]ccc12. The second-order valence-corrected chi connectivity index (χ2v) is 4.94. The first kappa shape index (κ1) is 11.8. The molecule has 4 nitrogen and oxygen atoms in total. The maximum atomic E-state index is 12.6. The van der Waals surface area contributed by atoms with Crippen molar-refractivity contribution in [2.75, 3.05) is 5.32 Å². The Morgan fingerprint density at radius 1 is 0.810 bits per heavy atom. The summed E-state index contributed by atoms with van der Waals surface area (Å²) in [5.74, 6) is -0.103. The molecular weight excluding hydrogens is 262 g/mol. The molecule has 0 fully saturated rings. The van der Waals surface area contributed by atoms with Crippen molar-refractivity contribution in [2.45, 2.75) is 0 Å². The summed E-state index contributed by atoms with van der Waals surface area (Å²) >= 11 is 0. The normalized spacial score (nSPS) is 11.0. The molecule has 21 heavy (non-hydrogen) atoms. The van der Waals surface area contributed by atoms with Crippen LogP contribution in [0.25, 0.3) is 21.8 Å². The van der Waals surface area contributed by atoms with Gasteiger partial charge in [-0.2, -0.15) is 0 Å². The lowest BCUT2D eigenvalue weighted by atomic mass is 10.1. The Bertz CT molecular complexity index is 949. The molecule has 2 aromatic carbocycles. The van der Waals surface area contributed by atoms with Gasteiger partial charge in [0.15, 0.2) is 0 Å². The molecule has 0 unspecified atom stereocenters. The average Bonchev–Trinajstić information content (AvgIpc) is 3.15. The number of rotatable bonds is 2. The molecular formula is C17H13N3O. The zero-order chi connectivity index (χ0) is 14.2. The lowest BCUT2D eigenvalue weighted by Crippen LogP contribution is -2.12. The third kappa shape index (κ3) is 1.89. The van der Waals surface area contributed by atoms with E-state index in [0.29, 0.717) is 5.56 Å². The standard InChI is InChI=1S/C17H13N3O/c21-17(12-3-1-4-14-11(12)7-9-18-14)20-16-6-2-5-15-13(16)8-10-19-15/h1-10,18-19H,(H,20,21). The summed E-state index contributed by atoms with van der Waals surface area (Å²) in [6, 6.07) is 15.4. The lowest BCUT2D eigenvalue weighted by molar-refractivity contribution is 0.102. The molecule has 0 saturated carbocycles. The Labute approximate surface area is 120 Å². The first-order valence-electron chi connectivity index (χ1n) is 6.76. The Balaban J connectivity index is 1.76. The van der Waals surface area contributed by atoms with Crippen LogP contribution >= 0.6 is 0 Å². The summed E-state index contributed by atoms with van der Waals surface area (Å²) in [6.07, 6.45) is 3.71. The van der Waals surface area contributed by atoms with Gasteiger partial charge in [-0.25, -0.2) is 0 Å². The first-order chi connectivity index (χ1) is 10.3. The fourth-order valence-electron chi connectivity index (χ4n) is 2.67. The molecule has 0 spiro atoms. The van der Waals surface area contributed by atoms with Crippen molar-refractivity contribution in [3.8, 4) is 0 Å². The van der Waals surface area contributed by atoms with Crippen LogP contribution in [0.2, 0.25) is 0 Å². The van der Waals surface area contributed by atoms with Gasteiger partial charge in [0.05, 0.1) is 5.69 Å². The van der Waals surface area contributed by atoms with Gasteiger partial charge in [-0.1, -0.05) is 12.1 Å². The zero-order valence-corrected chi connectivity index (χ0v) is 11.2. The van der Waals surface area contributed by atoms with E-state index in [0.717, 1.165) is 27.5 Å². The highest BCUT2D eigenvalue weighted by Crippen LogP contribution is 2.24. The molecule has 0 bridgehead atoms. The smallest absolute Gasteiger partial charge is 0.256 e. The van der Waals surface area contributed by atoms with Crippen molar-refractivity contribution in [2.24, 2.45) is 0 Å².